The largest absolute Gasteiger partial charge is 0.495 e. The number of pyridine rings is 1. The standard InChI is InChI=1S/C25H24ClN3O5/c1-29-23(14-6-5-9-27-13-14)22(24(30)28-15-7-8-19(32-2)18(26)10-15)16-11-20(33-3)21(34-4)12-17(16)25(29)31/h5-13,22-23H,1-4H3,(H,28,30). The molecule has 0 saturated carbocycles. The fourth-order valence-corrected chi connectivity index (χ4v) is 4.52. The lowest BCUT2D eigenvalue weighted by atomic mass is 9.79. The van der Waals surface area contributed by atoms with E-state index < -0.39 is 12.0 Å². The fraction of sp³-hybridized carbons (Fsp3) is 0.240. The Balaban J connectivity index is 1.85. The van der Waals surface area contributed by atoms with E-state index in [1.165, 1.54) is 21.3 Å². The number of fused-ring (bicyclic) bond motifs is 1. The second-order valence-electron chi connectivity index (χ2n) is 7.76. The molecule has 3 aromatic rings. The number of rotatable bonds is 6. The number of hydrogen-bond donors (Lipinski definition) is 1. The lowest BCUT2D eigenvalue weighted by Crippen LogP contribution is -2.44. The van der Waals surface area contributed by atoms with Gasteiger partial charge in [-0.15, -0.1) is 0 Å². The molecule has 1 aromatic heterocycles. The van der Waals surface area contributed by atoms with Crippen LogP contribution in [-0.2, 0) is 4.79 Å². The first-order valence-corrected chi connectivity index (χ1v) is 10.8. The summed E-state index contributed by atoms with van der Waals surface area (Å²) < 4.78 is 16.1. The van der Waals surface area contributed by atoms with Crippen molar-refractivity contribution >= 4 is 29.1 Å². The van der Waals surface area contributed by atoms with Gasteiger partial charge in [-0.3, -0.25) is 14.6 Å². The van der Waals surface area contributed by atoms with Crippen molar-refractivity contribution in [2.45, 2.75) is 12.0 Å². The van der Waals surface area contributed by atoms with Gasteiger partial charge in [-0.1, -0.05) is 17.7 Å². The molecule has 0 bridgehead atoms. The number of benzene rings is 2. The van der Waals surface area contributed by atoms with Gasteiger partial charge in [0.2, 0.25) is 5.91 Å². The zero-order chi connectivity index (χ0) is 24.4. The molecule has 0 saturated heterocycles. The highest BCUT2D eigenvalue weighted by molar-refractivity contribution is 6.32. The first kappa shape index (κ1) is 23.4. The van der Waals surface area contributed by atoms with Gasteiger partial charge >= 0.3 is 0 Å². The SMILES string of the molecule is COc1ccc(NC(=O)C2c3cc(OC)c(OC)cc3C(=O)N(C)C2c2cccnc2)cc1Cl. The summed E-state index contributed by atoms with van der Waals surface area (Å²) in [6, 6.07) is 11.3. The lowest BCUT2D eigenvalue weighted by molar-refractivity contribution is -0.119. The Kier molecular flexibility index (Phi) is 6.61. The van der Waals surface area contributed by atoms with Crippen molar-refractivity contribution in [2.24, 2.45) is 0 Å². The van der Waals surface area contributed by atoms with Gasteiger partial charge in [-0.05, 0) is 47.5 Å². The molecule has 1 aliphatic rings. The predicted octanol–water partition coefficient (Wildman–Crippen LogP) is 4.31. The number of aromatic nitrogens is 1. The predicted molar refractivity (Wildman–Crippen MR) is 128 cm³/mol. The number of carbonyl (C=O) groups is 2. The van der Waals surface area contributed by atoms with E-state index in [4.69, 9.17) is 25.8 Å². The molecular weight excluding hydrogens is 458 g/mol. The molecule has 0 aliphatic carbocycles. The molecule has 2 unspecified atom stereocenters. The average molecular weight is 482 g/mol. The highest BCUT2D eigenvalue weighted by Gasteiger charge is 2.43. The van der Waals surface area contributed by atoms with E-state index in [2.05, 4.69) is 10.3 Å². The van der Waals surface area contributed by atoms with E-state index in [1.807, 2.05) is 6.07 Å². The number of amides is 2. The normalized spacial score (nSPS) is 17.1. The molecule has 2 atom stereocenters. The summed E-state index contributed by atoms with van der Waals surface area (Å²) in [6.07, 6.45) is 3.30. The van der Waals surface area contributed by atoms with Crippen molar-refractivity contribution in [3.05, 3.63) is 76.6 Å². The van der Waals surface area contributed by atoms with Gasteiger partial charge in [0, 0.05) is 30.7 Å². The number of methoxy groups -OCH3 is 3. The number of nitrogens with one attached hydrogen (secondary N) is 1. The van der Waals surface area contributed by atoms with Gasteiger partial charge in [0.25, 0.3) is 5.91 Å². The number of nitrogens with zero attached hydrogens (tertiary/aromatic N) is 2. The van der Waals surface area contributed by atoms with Crippen LogP contribution in [0.15, 0.2) is 54.9 Å². The number of hydrogen-bond acceptors (Lipinski definition) is 6. The van der Waals surface area contributed by atoms with Crippen molar-refractivity contribution in [3.8, 4) is 17.2 Å². The maximum absolute atomic E-state index is 13.8. The van der Waals surface area contributed by atoms with Crippen LogP contribution in [0.25, 0.3) is 0 Å². The molecule has 2 amide bonds. The van der Waals surface area contributed by atoms with Crippen LogP contribution in [0.4, 0.5) is 5.69 Å². The Morgan fingerprint density at radius 1 is 1.03 bits per heavy atom. The monoisotopic (exact) mass is 481 g/mol. The van der Waals surface area contributed by atoms with Crippen LogP contribution in [0.2, 0.25) is 5.02 Å². The molecule has 0 spiro atoms. The van der Waals surface area contributed by atoms with Crippen molar-refractivity contribution in [1.82, 2.24) is 9.88 Å². The second-order valence-corrected chi connectivity index (χ2v) is 8.17. The van der Waals surface area contributed by atoms with Crippen molar-refractivity contribution in [3.63, 3.8) is 0 Å². The van der Waals surface area contributed by atoms with Crippen LogP contribution in [-0.4, -0.2) is 50.1 Å². The Hall–Kier alpha value is -3.78. The Labute approximate surface area is 202 Å². The number of likely N-dealkylation sites (N-methyl/N-ethyl adjacent to an activating group) is 1. The maximum Gasteiger partial charge on any atom is 0.254 e. The van der Waals surface area contributed by atoms with Gasteiger partial charge < -0.3 is 24.4 Å². The molecule has 8 nitrogen and oxygen atoms in total. The smallest absolute Gasteiger partial charge is 0.254 e. The van der Waals surface area contributed by atoms with E-state index in [0.29, 0.717) is 39.1 Å². The third-order valence-electron chi connectivity index (χ3n) is 5.90. The van der Waals surface area contributed by atoms with Gasteiger partial charge in [0.1, 0.15) is 5.75 Å². The quantitative estimate of drug-likeness (QED) is 0.564. The summed E-state index contributed by atoms with van der Waals surface area (Å²) in [6.45, 7) is 0. The summed E-state index contributed by atoms with van der Waals surface area (Å²) >= 11 is 6.25. The molecular formula is C25H24ClN3O5. The Morgan fingerprint density at radius 3 is 2.35 bits per heavy atom. The van der Waals surface area contributed by atoms with Crippen LogP contribution in [0.5, 0.6) is 17.2 Å². The van der Waals surface area contributed by atoms with E-state index in [9.17, 15) is 9.59 Å². The molecule has 34 heavy (non-hydrogen) atoms. The van der Waals surface area contributed by atoms with E-state index in [1.54, 1.807) is 60.7 Å². The summed E-state index contributed by atoms with van der Waals surface area (Å²) in [4.78, 5) is 32.9. The number of anilines is 1. The third kappa shape index (κ3) is 4.12. The number of carbonyl (C=O) groups excluding carboxylic acids is 2. The van der Waals surface area contributed by atoms with E-state index >= 15 is 0 Å². The second kappa shape index (κ2) is 9.61. The summed E-state index contributed by atoms with van der Waals surface area (Å²) in [5.74, 6) is 0.0164. The highest BCUT2D eigenvalue weighted by atomic mass is 35.5. The van der Waals surface area contributed by atoms with E-state index in [-0.39, 0.29) is 11.8 Å². The van der Waals surface area contributed by atoms with Crippen LogP contribution >= 0.6 is 11.6 Å². The van der Waals surface area contributed by atoms with Crippen LogP contribution in [0.3, 0.4) is 0 Å². The Morgan fingerprint density at radius 2 is 1.74 bits per heavy atom. The number of ether oxygens (including phenoxy) is 3. The summed E-state index contributed by atoms with van der Waals surface area (Å²) in [5, 5.41) is 3.30. The maximum atomic E-state index is 13.8. The zero-order valence-electron chi connectivity index (χ0n) is 19.2. The molecule has 2 heterocycles. The molecule has 1 aliphatic heterocycles. The molecule has 4 rings (SSSR count). The first-order valence-electron chi connectivity index (χ1n) is 10.5. The Bertz CT molecular complexity index is 1230. The van der Waals surface area contributed by atoms with Gasteiger partial charge in [-0.25, -0.2) is 0 Å². The van der Waals surface area contributed by atoms with Crippen LogP contribution < -0.4 is 19.5 Å². The molecule has 0 radical (unpaired) electrons. The minimum Gasteiger partial charge on any atom is -0.495 e. The van der Waals surface area contributed by atoms with E-state index in [0.717, 1.165) is 5.56 Å². The van der Waals surface area contributed by atoms with Crippen LogP contribution in [0, 0.1) is 0 Å². The molecule has 1 N–H and O–H groups in total. The van der Waals surface area contributed by atoms with Gasteiger partial charge in [0.15, 0.2) is 11.5 Å². The first-order chi connectivity index (χ1) is 16.4. The van der Waals surface area contributed by atoms with Gasteiger partial charge in [-0.2, -0.15) is 0 Å². The van der Waals surface area contributed by atoms with Gasteiger partial charge in [0.05, 0.1) is 38.3 Å². The molecule has 176 valence electrons. The minimum atomic E-state index is -0.761. The topological polar surface area (TPSA) is 90.0 Å². The summed E-state index contributed by atoms with van der Waals surface area (Å²) in [7, 11) is 6.20. The molecule has 9 heteroatoms. The van der Waals surface area contributed by atoms with Crippen molar-refractivity contribution in [1.29, 1.82) is 0 Å². The summed E-state index contributed by atoms with van der Waals surface area (Å²) in [5.41, 5.74) is 2.13. The third-order valence-corrected chi connectivity index (χ3v) is 6.20. The molecule has 2 aromatic carbocycles. The van der Waals surface area contributed by atoms with Crippen molar-refractivity contribution in [2.75, 3.05) is 33.7 Å². The molecule has 0 fully saturated rings. The zero-order valence-corrected chi connectivity index (χ0v) is 19.9. The fourth-order valence-electron chi connectivity index (χ4n) is 4.26. The highest BCUT2D eigenvalue weighted by Crippen LogP contribution is 2.46. The lowest BCUT2D eigenvalue weighted by Gasteiger charge is -2.39. The number of halogens is 1. The minimum absolute atomic E-state index is 0.235. The average Bonchev–Trinajstić information content (AvgIpc) is 2.85. The van der Waals surface area contributed by atoms with Crippen LogP contribution in [0.1, 0.15) is 33.4 Å². The van der Waals surface area contributed by atoms with Crippen molar-refractivity contribution < 1.29 is 23.8 Å².